The van der Waals surface area contributed by atoms with Crippen molar-refractivity contribution < 1.29 is 9.90 Å². The van der Waals surface area contributed by atoms with Gasteiger partial charge in [-0.25, -0.2) is 4.98 Å². The largest absolute Gasteiger partial charge is 0.395 e. The van der Waals surface area contributed by atoms with Crippen LogP contribution in [0.25, 0.3) is 0 Å². The molecule has 0 unspecified atom stereocenters. The average Bonchev–Trinajstić information content (AvgIpc) is 2.31. The van der Waals surface area contributed by atoms with Crippen LogP contribution in [0.2, 0.25) is 5.15 Å². The molecule has 6 heteroatoms. The third-order valence-corrected chi connectivity index (χ3v) is 2.80. The van der Waals surface area contributed by atoms with Gasteiger partial charge in [0.05, 0.1) is 18.8 Å². The average molecular weight is 272 g/mol. The highest BCUT2D eigenvalue weighted by molar-refractivity contribution is 6.32. The normalized spacial score (nSPS) is 11.0. The van der Waals surface area contributed by atoms with Crippen molar-refractivity contribution in [2.24, 2.45) is 0 Å². The Morgan fingerprint density at radius 2 is 2.33 bits per heavy atom. The number of carbonyl (C=O) groups is 1. The van der Waals surface area contributed by atoms with Crippen molar-refractivity contribution in [1.29, 1.82) is 0 Å². The first kappa shape index (κ1) is 14.9. The zero-order valence-corrected chi connectivity index (χ0v) is 11.3. The molecule has 0 radical (unpaired) electrons. The summed E-state index contributed by atoms with van der Waals surface area (Å²) in [6, 6.07) is 3.58. The number of aliphatic hydroxyl groups excluding tert-OH is 1. The number of halogens is 1. The molecule has 5 nitrogen and oxygen atoms in total. The van der Waals surface area contributed by atoms with Crippen molar-refractivity contribution in [3.8, 4) is 0 Å². The maximum absolute atomic E-state index is 11.8. The Balaban J connectivity index is 2.58. The maximum atomic E-state index is 11.8. The molecule has 0 aliphatic carbocycles. The van der Waals surface area contributed by atoms with Gasteiger partial charge in [-0.1, -0.05) is 11.6 Å². The number of nitrogens with one attached hydrogen (secondary N) is 1. The number of hydrogen-bond donors (Lipinski definition) is 2. The van der Waals surface area contributed by atoms with Crippen LogP contribution in [-0.4, -0.2) is 46.6 Å². The summed E-state index contributed by atoms with van der Waals surface area (Å²) in [7, 11) is 0. The predicted octanol–water partition coefficient (Wildman–Crippen LogP) is 1.38. The molecule has 0 aliphatic heterocycles. The minimum atomic E-state index is -0.174. The quantitative estimate of drug-likeness (QED) is 0.767. The third kappa shape index (κ3) is 4.60. The van der Waals surface area contributed by atoms with Gasteiger partial charge in [0.25, 0.3) is 0 Å². The number of aliphatic hydroxyl groups is 1. The fraction of sp³-hybridized carbons (Fsp3) is 0.500. The molecule has 0 saturated heterocycles. The van der Waals surface area contributed by atoms with E-state index < -0.39 is 0 Å². The summed E-state index contributed by atoms with van der Waals surface area (Å²) >= 11 is 5.85. The summed E-state index contributed by atoms with van der Waals surface area (Å²) < 4.78 is 0. The van der Waals surface area contributed by atoms with E-state index in [-0.39, 0.29) is 30.3 Å². The second-order valence-electron chi connectivity index (χ2n) is 4.18. The highest BCUT2D eigenvalue weighted by Crippen LogP contribution is 2.17. The molecule has 0 spiro atoms. The van der Waals surface area contributed by atoms with Gasteiger partial charge in [0.2, 0.25) is 5.91 Å². The lowest BCUT2D eigenvalue weighted by molar-refractivity contribution is -0.117. The summed E-state index contributed by atoms with van der Waals surface area (Å²) in [5, 5.41) is 11.9. The molecule has 0 saturated carbocycles. The second-order valence-corrected chi connectivity index (χ2v) is 4.54. The number of carbonyl (C=O) groups excluding carboxylic acids is 1. The first-order chi connectivity index (χ1) is 8.54. The standard InChI is InChI=1S/C12H18ClN3O2/c1-9(2)16(6-7-17)8-11(18)15-10-4-3-5-14-12(10)13/h3-5,9,17H,6-8H2,1-2H3,(H,15,18). The molecule has 100 valence electrons. The Bertz CT molecular complexity index is 399. The first-order valence-corrected chi connectivity index (χ1v) is 6.17. The van der Waals surface area contributed by atoms with E-state index in [1.165, 1.54) is 0 Å². The Morgan fingerprint density at radius 1 is 1.61 bits per heavy atom. The number of rotatable bonds is 6. The van der Waals surface area contributed by atoms with Gasteiger partial charge in [0.15, 0.2) is 5.15 Å². The van der Waals surface area contributed by atoms with E-state index in [1.54, 1.807) is 18.3 Å². The molecule has 1 amide bonds. The fourth-order valence-corrected chi connectivity index (χ4v) is 1.67. The minimum absolute atomic E-state index is 0.0269. The van der Waals surface area contributed by atoms with Gasteiger partial charge >= 0.3 is 0 Å². The molecule has 1 rings (SSSR count). The van der Waals surface area contributed by atoms with Crippen LogP contribution in [-0.2, 0) is 4.79 Å². The summed E-state index contributed by atoms with van der Waals surface area (Å²) in [5.41, 5.74) is 0.497. The van der Waals surface area contributed by atoms with E-state index in [1.807, 2.05) is 18.7 Å². The van der Waals surface area contributed by atoms with Crippen LogP contribution in [0, 0.1) is 0 Å². The van der Waals surface area contributed by atoms with E-state index >= 15 is 0 Å². The molecule has 1 aromatic heterocycles. The second kappa shape index (κ2) is 7.31. The topological polar surface area (TPSA) is 65.5 Å². The van der Waals surface area contributed by atoms with Crippen LogP contribution in [0.3, 0.4) is 0 Å². The van der Waals surface area contributed by atoms with Crippen LogP contribution in [0.5, 0.6) is 0 Å². The van der Waals surface area contributed by atoms with Gasteiger partial charge in [-0.3, -0.25) is 9.69 Å². The Kier molecular flexibility index (Phi) is 6.04. The minimum Gasteiger partial charge on any atom is -0.395 e. The van der Waals surface area contributed by atoms with Crippen LogP contribution in [0.4, 0.5) is 5.69 Å². The molecule has 2 N–H and O–H groups in total. The van der Waals surface area contributed by atoms with E-state index in [2.05, 4.69) is 10.3 Å². The van der Waals surface area contributed by atoms with Crippen LogP contribution in [0.15, 0.2) is 18.3 Å². The molecule has 0 aromatic carbocycles. The number of amides is 1. The molecule has 0 aliphatic rings. The Hall–Kier alpha value is -1.17. The van der Waals surface area contributed by atoms with Gasteiger partial charge in [0.1, 0.15) is 0 Å². The summed E-state index contributed by atoms with van der Waals surface area (Å²) in [6.45, 7) is 4.65. The zero-order chi connectivity index (χ0) is 13.5. The first-order valence-electron chi connectivity index (χ1n) is 5.80. The van der Waals surface area contributed by atoms with Crippen molar-refractivity contribution in [2.45, 2.75) is 19.9 Å². The van der Waals surface area contributed by atoms with Gasteiger partial charge in [-0.15, -0.1) is 0 Å². The van der Waals surface area contributed by atoms with Crippen molar-refractivity contribution in [2.75, 3.05) is 25.0 Å². The van der Waals surface area contributed by atoms with E-state index in [4.69, 9.17) is 16.7 Å². The Morgan fingerprint density at radius 3 is 2.89 bits per heavy atom. The number of aromatic nitrogens is 1. The molecule has 1 heterocycles. The van der Waals surface area contributed by atoms with Crippen molar-refractivity contribution in [1.82, 2.24) is 9.88 Å². The van der Waals surface area contributed by atoms with Gasteiger partial charge in [-0.05, 0) is 26.0 Å². The van der Waals surface area contributed by atoms with E-state index in [0.29, 0.717) is 12.2 Å². The van der Waals surface area contributed by atoms with Crippen LogP contribution < -0.4 is 5.32 Å². The summed E-state index contributed by atoms with van der Waals surface area (Å²) in [5.74, 6) is -0.174. The molecular formula is C12H18ClN3O2. The summed E-state index contributed by atoms with van der Waals surface area (Å²) in [6.07, 6.45) is 1.56. The lowest BCUT2D eigenvalue weighted by Crippen LogP contribution is -2.39. The molecule has 1 aromatic rings. The van der Waals surface area contributed by atoms with E-state index in [0.717, 1.165) is 0 Å². The number of hydrogen-bond acceptors (Lipinski definition) is 4. The Labute approximate surface area is 112 Å². The van der Waals surface area contributed by atoms with Crippen molar-refractivity contribution in [3.05, 3.63) is 23.5 Å². The molecule has 0 fully saturated rings. The molecule has 0 atom stereocenters. The SMILES string of the molecule is CC(C)N(CCO)CC(=O)Nc1cccnc1Cl. The van der Waals surface area contributed by atoms with E-state index in [9.17, 15) is 4.79 Å². The third-order valence-electron chi connectivity index (χ3n) is 2.50. The van der Waals surface area contributed by atoms with Gasteiger partial charge < -0.3 is 10.4 Å². The summed E-state index contributed by atoms with van der Waals surface area (Å²) in [4.78, 5) is 17.6. The number of anilines is 1. The highest BCUT2D eigenvalue weighted by Gasteiger charge is 2.14. The fourth-order valence-electron chi connectivity index (χ4n) is 1.50. The lowest BCUT2D eigenvalue weighted by Gasteiger charge is -2.24. The van der Waals surface area contributed by atoms with Crippen molar-refractivity contribution >= 4 is 23.2 Å². The molecule has 0 bridgehead atoms. The number of pyridine rings is 1. The lowest BCUT2D eigenvalue weighted by atomic mass is 10.3. The van der Waals surface area contributed by atoms with Crippen LogP contribution in [0.1, 0.15) is 13.8 Å². The maximum Gasteiger partial charge on any atom is 0.238 e. The molecule has 18 heavy (non-hydrogen) atoms. The van der Waals surface area contributed by atoms with Gasteiger partial charge in [-0.2, -0.15) is 0 Å². The highest BCUT2D eigenvalue weighted by atomic mass is 35.5. The van der Waals surface area contributed by atoms with Crippen LogP contribution >= 0.6 is 11.6 Å². The predicted molar refractivity (Wildman–Crippen MR) is 71.7 cm³/mol. The molecular weight excluding hydrogens is 254 g/mol. The van der Waals surface area contributed by atoms with Gasteiger partial charge in [0, 0.05) is 18.8 Å². The zero-order valence-electron chi connectivity index (χ0n) is 10.6. The number of nitrogens with zero attached hydrogens (tertiary/aromatic N) is 2. The van der Waals surface area contributed by atoms with Crippen molar-refractivity contribution in [3.63, 3.8) is 0 Å². The monoisotopic (exact) mass is 271 g/mol. The smallest absolute Gasteiger partial charge is 0.238 e.